The Bertz CT molecular complexity index is 1520. The van der Waals surface area contributed by atoms with Gasteiger partial charge in [-0.05, 0) is 40.2 Å². The van der Waals surface area contributed by atoms with Crippen LogP contribution in [0.2, 0.25) is 0 Å². The molecule has 0 aliphatic rings. The number of aromatic nitrogens is 1. The van der Waals surface area contributed by atoms with Crippen molar-refractivity contribution in [1.82, 2.24) is 4.98 Å². The van der Waals surface area contributed by atoms with Gasteiger partial charge in [-0.2, -0.15) is 0 Å². The minimum atomic E-state index is 0.00982. The summed E-state index contributed by atoms with van der Waals surface area (Å²) in [6.07, 6.45) is 5.77. The number of nitrogens with one attached hydrogen (secondary N) is 1. The zero-order valence-electron chi connectivity index (χ0n) is 16.8. The number of H-pyrrole nitrogens is 1. The van der Waals surface area contributed by atoms with Crippen LogP contribution in [0.15, 0.2) is 71.1 Å². The summed E-state index contributed by atoms with van der Waals surface area (Å²) < 4.78 is 5.75. The normalized spacial score (nSPS) is 11.2. The molecule has 0 fully saturated rings. The number of nitrogens with zero attached hydrogens (tertiary/aromatic N) is 1. The van der Waals surface area contributed by atoms with Crippen molar-refractivity contribution < 1.29 is 9.52 Å². The molecule has 1 aromatic heterocycles. The monoisotopic (exact) mass is 424 g/mol. The Kier molecular flexibility index (Phi) is 4.95. The molecule has 0 aliphatic carbocycles. The molecule has 31 heavy (non-hydrogen) atoms. The summed E-state index contributed by atoms with van der Waals surface area (Å²) in [6.45, 7) is 1.09. The minimum Gasteiger partial charge on any atom is -0.429 e. The predicted molar refractivity (Wildman–Crippen MR) is 129 cm³/mol. The third kappa shape index (κ3) is 3.36. The number of oxazole rings is 1. The molecule has 0 spiro atoms. The highest BCUT2D eigenvalue weighted by Gasteiger charge is 2.16. The molecule has 0 radical (unpaired) electrons. The molecule has 5 heteroatoms. The number of terminal acetylenes is 1. The molecule has 0 saturated carbocycles. The first-order valence-corrected chi connectivity index (χ1v) is 10.4. The van der Waals surface area contributed by atoms with Gasteiger partial charge in [-0.1, -0.05) is 66.6 Å². The topological polar surface area (TPSA) is 52.4 Å². The standard InChI is InChI=1S/C26H20N2O2S/c1-2-13-28(15-17-11-12-18(16-29)20-8-4-3-7-19(17)20)24-14-23-25(30-26(31)27-23)22-10-6-5-9-21(22)24/h1,3-12,14,29H,13,15-16H2,(H,27,31). The molecule has 0 bridgehead atoms. The number of aliphatic hydroxyl groups is 1. The Morgan fingerprint density at radius 1 is 0.935 bits per heavy atom. The van der Waals surface area contributed by atoms with Crippen LogP contribution in [0.1, 0.15) is 11.1 Å². The quantitative estimate of drug-likeness (QED) is 0.271. The van der Waals surface area contributed by atoms with E-state index in [0.29, 0.717) is 17.9 Å². The summed E-state index contributed by atoms with van der Waals surface area (Å²) >= 11 is 5.23. The molecule has 2 N–H and O–H groups in total. The Morgan fingerprint density at radius 2 is 1.58 bits per heavy atom. The van der Waals surface area contributed by atoms with Gasteiger partial charge in [0.15, 0.2) is 5.58 Å². The molecule has 4 nitrogen and oxygen atoms in total. The van der Waals surface area contributed by atoms with Gasteiger partial charge >= 0.3 is 0 Å². The maximum atomic E-state index is 9.73. The van der Waals surface area contributed by atoms with Gasteiger partial charge in [-0.15, -0.1) is 6.42 Å². The first-order chi connectivity index (χ1) is 15.2. The van der Waals surface area contributed by atoms with E-state index in [2.05, 4.69) is 40.1 Å². The van der Waals surface area contributed by atoms with E-state index in [1.807, 2.05) is 42.5 Å². The smallest absolute Gasteiger partial charge is 0.266 e. The summed E-state index contributed by atoms with van der Waals surface area (Å²) in [7, 11) is 0. The maximum absolute atomic E-state index is 9.73. The summed E-state index contributed by atoms with van der Waals surface area (Å²) in [5.41, 5.74) is 4.68. The van der Waals surface area contributed by atoms with Crippen LogP contribution in [0.5, 0.6) is 0 Å². The molecule has 0 unspecified atom stereocenters. The highest BCUT2D eigenvalue weighted by molar-refractivity contribution is 7.71. The second-order valence-electron chi connectivity index (χ2n) is 7.48. The minimum absolute atomic E-state index is 0.00982. The fourth-order valence-electron chi connectivity index (χ4n) is 4.26. The predicted octanol–water partition coefficient (Wildman–Crippen LogP) is 5.93. The van der Waals surface area contributed by atoms with Gasteiger partial charge in [-0.3, -0.25) is 0 Å². The van der Waals surface area contributed by atoms with E-state index in [1.54, 1.807) is 0 Å². The number of aromatic amines is 1. The molecule has 4 aromatic carbocycles. The average Bonchev–Trinajstić information content (AvgIpc) is 3.19. The van der Waals surface area contributed by atoms with Crippen LogP contribution in [0.3, 0.4) is 0 Å². The second kappa shape index (κ2) is 7.92. The molecule has 0 amide bonds. The van der Waals surface area contributed by atoms with Crippen LogP contribution in [0.4, 0.5) is 5.69 Å². The number of fused-ring (bicyclic) bond motifs is 4. The number of hydrogen-bond acceptors (Lipinski definition) is 4. The molecule has 152 valence electrons. The van der Waals surface area contributed by atoms with Gasteiger partial charge in [0, 0.05) is 23.0 Å². The summed E-state index contributed by atoms with van der Waals surface area (Å²) in [5.74, 6) is 2.81. The largest absolute Gasteiger partial charge is 0.429 e. The first-order valence-electron chi connectivity index (χ1n) is 10.0. The van der Waals surface area contributed by atoms with Crippen molar-refractivity contribution in [3.63, 3.8) is 0 Å². The SMILES string of the molecule is C#CCN(Cc1ccc(CO)c2ccccc12)c1cc2[nH]c(=S)oc2c2ccccc12. The van der Waals surface area contributed by atoms with Gasteiger partial charge < -0.3 is 19.4 Å². The fraction of sp³-hybridized carbons (Fsp3) is 0.115. The summed E-state index contributed by atoms with van der Waals surface area (Å²) in [5, 5.41) is 14.0. The molecule has 5 rings (SSSR count). The van der Waals surface area contributed by atoms with Crippen molar-refractivity contribution in [2.24, 2.45) is 0 Å². The van der Waals surface area contributed by atoms with E-state index >= 15 is 0 Å². The zero-order chi connectivity index (χ0) is 21.4. The van der Waals surface area contributed by atoms with Crippen molar-refractivity contribution in [3.8, 4) is 12.3 Å². The van der Waals surface area contributed by atoms with Crippen LogP contribution >= 0.6 is 12.2 Å². The van der Waals surface area contributed by atoms with Gasteiger partial charge in [-0.25, -0.2) is 0 Å². The van der Waals surface area contributed by atoms with Crippen molar-refractivity contribution in [3.05, 3.63) is 82.7 Å². The van der Waals surface area contributed by atoms with E-state index in [-0.39, 0.29) is 6.61 Å². The summed E-state index contributed by atoms with van der Waals surface area (Å²) in [4.78, 5) is 5.68. The number of benzene rings is 4. The van der Waals surface area contributed by atoms with Gasteiger partial charge in [0.25, 0.3) is 4.84 Å². The van der Waals surface area contributed by atoms with Gasteiger partial charge in [0.05, 0.1) is 18.7 Å². The van der Waals surface area contributed by atoms with Gasteiger partial charge in [0.1, 0.15) is 0 Å². The van der Waals surface area contributed by atoms with E-state index in [4.69, 9.17) is 23.1 Å². The van der Waals surface area contributed by atoms with Gasteiger partial charge in [0.2, 0.25) is 0 Å². The summed E-state index contributed by atoms with van der Waals surface area (Å²) in [6, 6.07) is 22.4. The van der Waals surface area contributed by atoms with E-state index < -0.39 is 0 Å². The first kappa shape index (κ1) is 19.4. The van der Waals surface area contributed by atoms with E-state index in [1.165, 1.54) is 0 Å². The Hall–Kier alpha value is -3.59. The molecule has 0 aliphatic heterocycles. The third-order valence-electron chi connectivity index (χ3n) is 5.66. The highest BCUT2D eigenvalue weighted by atomic mass is 32.1. The lowest BCUT2D eigenvalue weighted by Gasteiger charge is -2.25. The molecule has 0 atom stereocenters. The number of anilines is 1. The Balaban J connectivity index is 1.70. The van der Waals surface area contributed by atoms with Crippen molar-refractivity contribution in [2.75, 3.05) is 11.4 Å². The number of hydrogen-bond donors (Lipinski definition) is 2. The van der Waals surface area contributed by atoms with Crippen LogP contribution in [0, 0.1) is 17.2 Å². The third-order valence-corrected chi connectivity index (χ3v) is 5.85. The second-order valence-corrected chi connectivity index (χ2v) is 7.85. The Morgan fingerprint density at radius 3 is 2.29 bits per heavy atom. The average molecular weight is 425 g/mol. The lowest BCUT2D eigenvalue weighted by atomic mass is 9.99. The van der Waals surface area contributed by atoms with E-state index in [0.717, 1.165) is 49.5 Å². The van der Waals surface area contributed by atoms with Crippen molar-refractivity contribution in [2.45, 2.75) is 13.2 Å². The van der Waals surface area contributed by atoms with Crippen LogP contribution in [-0.2, 0) is 13.2 Å². The van der Waals surface area contributed by atoms with E-state index in [9.17, 15) is 5.11 Å². The van der Waals surface area contributed by atoms with Crippen LogP contribution in [0.25, 0.3) is 32.6 Å². The molecular formula is C26H20N2O2S. The van der Waals surface area contributed by atoms with Crippen LogP contribution < -0.4 is 4.90 Å². The van der Waals surface area contributed by atoms with Crippen molar-refractivity contribution in [1.29, 1.82) is 0 Å². The molecule has 0 saturated heterocycles. The molecule has 5 aromatic rings. The fourth-order valence-corrected chi connectivity index (χ4v) is 4.46. The lowest BCUT2D eigenvalue weighted by Crippen LogP contribution is -2.23. The zero-order valence-corrected chi connectivity index (χ0v) is 17.6. The Labute approximate surface area is 184 Å². The van der Waals surface area contributed by atoms with Crippen LogP contribution in [-0.4, -0.2) is 16.6 Å². The van der Waals surface area contributed by atoms with Crippen molar-refractivity contribution >= 4 is 50.5 Å². The molecule has 1 heterocycles. The number of rotatable bonds is 5. The lowest BCUT2D eigenvalue weighted by molar-refractivity contribution is 0.283. The highest BCUT2D eigenvalue weighted by Crippen LogP contribution is 2.35. The number of aliphatic hydroxyl groups excluding tert-OH is 1. The molecular weight excluding hydrogens is 404 g/mol. The maximum Gasteiger partial charge on any atom is 0.266 e.